The maximum Gasteiger partial charge on any atom is 0.408 e. The van der Waals surface area contributed by atoms with E-state index in [9.17, 15) is 19.2 Å². The van der Waals surface area contributed by atoms with Crippen LogP contribution in [0.15, 0.2) is 0 Å². The van der Waals surface area contributed by atoms with Crippen LogP contribution in [0.2, 0.25) is 0 Å². The van der Waals surface area contributed by atoms with E-state index in [1.54, 1.807) is 32.6 Å². The SMILES string of the molecule is CCOC(=O)[C@@H]1C[C@@H](C2CCCCC2)CN1C(=O)CNC(=O)[C@@H](NC(=O)OC(C)(C)C)C1CCCC1. The van der Waals surface area contributed by atoms with Gasteiger partial charge in [0.05, 0.1) is 13.2 Å². The van der Waals surface area contributed by atoms with Crippen LogP contribution in [0.4, 0.5) is 4.79 Å². The Bertz CT molecular complexity index is 783. The lowest BCUT2D eigenvalue weighted by Crippen LogP contribution is -2.53. The van der Waals surface area contributed by atoms with E-state index in [1.165, 1.54) is 19.3 Å². The zero-order valence-corrected chi connectivity index (χ0v) is 22.5. The molecular formula is C27H45N3O6. The van der Waals surface area contributed by atoms with Crippen molar-refractivity contribution in [2.24, 2.45) is 17.8 Å². The predicted molar refractivity (Wildman–Crippen MR) is 135 cm³/mol. The van der Waals surface area contributed by atoms with Gasteiger partial charge in [0.15, 0.2) is 0 Å². The number of likely N-dealkylation sites (tertiary alicyclic amines) is 1. The highest BCUT2D eigenvalue weighted by Crippen LogP contribution is 2.38. The Kier molecular flexibility index (Phi) is 10.0. The average molecular weight is 508 g/mol. The first-order valence-corrected chi connectivity index (χ1v) is 13.8. The zero-order valence-electron chi connectivity index (χ0n) is 22.5. The van der Waals surface area contributed by atoms with E-state index in [4.69, 9.17) is 9.47 Å². The molecule has 1 heterocycles. The molecule has 3 amide bonds. The molecule has 1 aliphatic heterocycles. The summed E-state index contributed by atoms with van der Waals surface area (Å²) in [6, 6.07) is -1.36. The van der Waals surface area contributed by atoms with Crippen LogP contribution in [0.3, 0.4) is 0 Å². The molecule has 3 rings (SSSR count). The Balaban J connectivity index is 1.62. The minimum absolute atomic E-state index is 0.00219. The van der Waals surface area contributed by atoms with Crippen molar-refractivity contribution in [2.45, 2.75) is 110 Å². The second-order valence-electron chi connectivity index (χ2n) is 11.6. The number of ether oxygens (including phenoxy) is 2. The van der Waals surface area contributed by atoms with Gasteiger partial charge < -0.3 is 25.0 Å². The third kappa shape index (κ3) is 7.84. The lowest BCUT2D eigenvalue weighted by atomic mass is 9.79. The van der Waals surface area contributed by atoms with Gasteiger partial charge in [-0.3, -0.25) is 9.59 Å². The van der Waals surface area contributed by atoms with Gasteiger partial charge >= 0.3 is 12.1 Å². The standard InChI is InChI=1S/C27H45N3O6/c1-5-35-25(33)21-15-20(18-11-7-6-8-12-18)17-30(21)22(31)16-28-24(32)23(19-13-9-10-14-19)29-26(34)36-27(2,3)4/h18-21,23H,5-17H2,1-4H3,(H,28,32)(H,29,34)/t20-,21+,23+/m1/s1. The van der Waals surface area contributed by atoms with Gasteiger partial charge in [-0.25, -0.2) is 9.59 Å². The predicted octanol–water partition coefficient (Wildman–Crippen LogP) is 3.55. The minimum Gasteiger partial charge on any atom is -0.464 e. The summed E-state index contributed by atoms with van der Waals surface area (Å²) in [6.45, 7) is 7.64. The van der Waals surface area contributed by atoms with Crippen molar-refractivity contribution in [1.82, 2.24) is 15.5 Å². The number of carbonyl (C=O) groups is 4. The molecule has 0 aromatic heterocycles. The number of rotatable bonds is 8. The summed E-state index contributed by atoms with van der Waals surface area (Å²) >= 11 is 0. The van der Waals surface area contributed by atoms with Crippen LogP contribution in [-0.4, -0.2) is 66.2 Å². The topological polar surface area (TPSA) is 114 Å². The summed E-state index contributed by atoms with van der Waals surface area (Å²) in [5.74, 6) is -0.250. The van der Waals surface area contributed by atoms with E-state index in [-0.39, 0.29) is 36.9 Å². The Labute approximate surface area is 215 Å². The number of hydrogen-bond donors (Lipinski definition) is 2. The highest BCUT2D eigenvalue weighted by atomic mass is 16.6. The van der Waals surface area contributed by atoms with Gasteiger partial charge in [-0.05, 0) is 64.7 Å². The van der Waals surface area contributed by atoms with Crippen LogP contribution in [0.25, 0.3) is 0 Å². The second-order valence-corrected chi connectivity index (χ2v) is 11.6. The fourth-order valence-electron chi connectivity index (χ4n) is 6.05. The van der Waals surface area contributed by atoms with Crippen molar-refractivity contribution in [3.05, 3.63) is 0 Å². The van der Waals surface area contributed by atoms with Gasteiger partial charge in [0.2, 0.25) is 11.8 Å². The summed E-state index contributed by atoms with van der Waals surface area (Å²) in [6.07, 6.45) is 9.57. The molecule has 0 radical (unpaired) electrons. The first-order valence-electron chi connectivity index (χ1n) is 13.8. The molecular weight excluding hydrogens is 462 g/mol. The lowest BCUT2D eigenvalue weighted by molar-refractivity contribution is -0.152. The van der Waals surface area contributed by atoms with E-state index < -0.39 is 29.7 Å². The summed E-state index contributed by atoms with van der Waals surface area (Å²) in [5, 5.41) is 5.47. The molecule has 0 spiro atoms. The molecule has 9 nitrogen and oxygen atoms in total. The van der Waals surface area contributed by atoms with Gasteiger partial charge in [-0.2, -0.15) is 0 Å². The summed E-state index contributed by atoms with van der Waals surface area (Å²) in [4.78, 5) is 53.1. The molecule has 0 aromatic rings. The molecule has 0 unspecified atom stereocenters. The van der Waals surface area contributed by atoms with Crippen LogP contribution in [0.1, 0.15) is 91.9 Å². The number of nitrogens with zero attached hydrogens (tertiary/aromatic N) is 1. The quantitative estimate of drug-likeness (QED) is 0.486. The number of carbonyl (C=O) groups excluding carboxylic acids is 4. The van der Waals surface area contributed by atoms with Gasteiger partial charge in [0.1, 0.15) is 17.7 Å². The van der Waals surface area contributed by atoms with Crippen molar-refractivity contribution in [3.63, 3.8) is 0 Å². The van der Waals surface area contributed by atoms with Crippen molar-refractivity contribution in [3.8, 4) is 0 Å². The second kappa shape index (κ2) is 12.8. The molecule has 0 bridgehead atoms. The monoisotopic (exact) mass is 507 g/mol. The van der Waals surface area contributed by atoms with Crippen LogP contribution >= 0.6 is 0 Å². The van der Waals surface area contributed by atoms with Crippen LogP contribution < -0.4 is 10.6 Å². The number of hydrogen-bond acceptors (Lipinski definition) is 6. The summed E-state index contributed by atoms with van der Waals surface area (Å²) in [5.41, 5.74) is -0.677. The first kappa shape index (κ1) is 28.3. The summed E-state index contributed by atoms with van der Waals surface area (Å²) < 4.78 is 10.6. The molecule has 2 aliphatic carbocycles. The Morgan fingerprint density at radius 2 is 1.58 bits per heavy atom. The Morgan fingerprint density at radius 3 is 2.19 bits per heavy atom. The van der Waals surface area contributed by atoms with Crippen molar-refractivity contribution < 1.29 is 28.7 Å². The van der Waals surface area contributed by atoms with Crippen LogP contribution in [0.5, 0.6) is 0 Å². The number of esters is 1. The minimum atomic E-state index is -0.760. The van der Waals surface area contributed by atoms with Crippen molar-refractivity contribution in [1.29, 1.82) is 0 Å². The number of nitrogens with one attached hydrogen (secondary N) is 2. The lowest BCUT2D eigenvalue weighted by Gasteiger charge is -2.28. The van der Waals surface area contributed by atoms with Crippen LogP contribution in [-0.2, 0) is 23.9 Å². The number of alkyl carbamates (subject to hydrolysis) is 1. The van der Waals surface area contributed by atoms with E-state index >= 15 is 0 Å². The van der Waals surface area contributed by atoms with Gasteiger partial charge in [0, 0.05) is 6.54 Å². The molecule has 2 N–H and O–H groups in total. The third-order valence-corrected chi connectivity index (χ3v) is 7.77. The van der Waals surface area contributed by atoms with E-state index in [1.807, 2.05) is 0 Å². The maximum atomic E-state index is 13.2. The highest BCUT2D eigenvalue weighted by Gasteiger charge is 2.43. The molecule has 1 saturated heterocycles. The Morgan fingerprint density at radius 1 is 0.944 bits per heavy atom. The average Bonchev–Trinajstić information content (AvgIpc) is 3.51. The third-order valence-electron chi connectivity index (χ3n) is 7.77. The number of amides is 3. The van der Waals surface area contributed by atoms with E-state index in [0.29, 0.717) is 18.9 Å². The normalized spacial score (nSPS) is 24.3. The van der Waals surface area contributed by atoms with Crippen molar-refractivity contribution >= 4 is 23.9 Å². The van der Waals surface area contributed by atoms with Gasteiger partial charge in [-0.15, -0.1) is 0 Å². The molecule has 36 heavy (non-hydrogen) atoms. The first-order chi connectivity index (χ1) is 17.1. The van der Waals surface area contributed by atoms with Crippen molar-refractivity contribution in [2.75, 3.05) is 19.7 Å². The molecule has 3 aliphatic rings. The molecule has 3 atom stereocenters. The Hall–Kier alpha value is -2.32. The summed E-state index contributed by atoms with van der Waals surface area (Å²) in [7, 11) is 0. The van der Waals surface area contributed by atoms with Crippen LogP contribution in [0, 0.1) is 17.8 Å². The maximum absolute atomic E-state index is 13.2. The molecule has 3 fully saturated rings. The zero-order chi connectivity index (χ0) is 26.3. The molecule has 204 valence electrons. The molecule has 9 heteroatoms. The fraction of sp³-hybridized carbons (Fsp3) is 0.852. The fourth-order valence-corrected chi connectivity index (χ4v) is 6.05. The largest absolute Gasteiger partial charge is 0.464 e. The molecule has 0 aromatic carbocycles. The smallest absolute Gasteiger partial charge is 0.408 e. The molecule has 2 saturated carbocycles. The van der Waals surface area contributed by atoms with E-state index in [2.05, 4.69) is 10.6 Å². The van der Waals surface area contributed by atoms with Gasteiger partial charge in [-0.1, -0.05) is 44.9 Å². The van der Waals surface area contributed by atoms with E-state index in [0.717, 1.165) is 38.5 Å². The van der Waals surface area contributed by atoms with Gasteiger partial charge in [0.25, 0.3) is 0 Å². The highest BCUT2D eigenvalue weighted by molar-refractivity contribution is 5.91.